The lowest BCUT2D eigenvalue weighted by atomic mass is 10.1. The third kappa shape index (κ3) is 3.13. The summed E-state index contributed by atoms with van der Waals surface area (Å²) < 4.78 is 1.19. The van der Waals surface area contributed by atoms with E-state index in [2.05, 4.69) is 27.5 Å². The Morgan fingerprint density at radius 3 is 2.47 bits per heavy atom. The van der Waals surface area contributed by atoms with Gasteiger partial charge in [0, 0.05) is 37.6 Å². The predicted molar refractivity (Wildman–Crippen MR) is 86.8 cm³/mol. The van der Waals surface area contributed by atoms with Crippen molar-refractivity contribution < 1.29 is 4.79 Å². The van der Waals surface area contributed by atoms with Crippen molar-refractivity contribution in [3.8, 4) is 0 Å². The fourth-order valence-corrected chi connectivity index (χ4v) is 4.48. The van der Waals surface area contributed by atoms with Crippen LogP contribution in [0.3, 0.4) is 0 Å². The van der Waals surface area contributed by atoms with Crippen molar-refractivity contribution in [3.05, 3.63) is 19.9 Å². The molecule has 104 valence electrons. The highest BCUT2D eigenvalue weighted by molar-refractivity contribution is 14.1. The molecule has 3 rings (SSSR count). The number of amides is 1. The second kappa shape index (κ2) is 6.10. The summed E-state index contributed by atoms with van der Waals surface area (Å²) in [6, 6.07) is 2.79. The van der Waals surface area contributed by atoms with Gasteiger partial charge in [-0.05, 0) is 41.5 Å². The lowest BCUT2D eigenvalue weighted by Gasteiger charge is -2.38. The molecule has 0 N–H and O–H groups in total. The number of nitrogens with zero attached hydrogens (tertiary/aromatic N) is 2. The molecule has 0 atom stereocenters. The summed E-state index contributed by atoms with van der Waals surface area (Å²) in [5.41, 5.74) is 0.865. The van der Waals surface area contributed by atoms with Crippen LogP contribution >= 0.6 is 33.9 Å². The van der Waals surface area contributed by atoms with Gasteiger partial charge < -0.3 is 4.90 Å². The minimum absolute atomic E-state index is 0.213. The van der Waals surface area contributed by atoms with Crippen LogP contribution in [0.1, 0.15) is 36.0 Å². The predicted octanol–water partition coefficient (Wildman–Crippen LogP) is 3.05. The molecule has 0 bridgehead atoms. The average molecular weight is 390 g/mol. The monoisotopic (exact) mass is 390 g/mol. The van der Waals surface area contributed by atoms with E-state index in [1.165, 1.54) is 28.6 Å². The molecule has 0 unspecified atom stereocenters. The molecule has 3 nitrogen and oxygen atoms in total. The number of piperazine rings is 1. The summed E-state index contributed by atoms with van der Waals surface area (Å²) in [6.45, 7) is 3.89. The fraction of sp³-hybridized carbons (Fsp3) is 0.643. The molecular formula is C14H19IN2OS. The maximum absolute atomic E-state index is 12.4. The third-order valence-electron chi connectivity index (χ3n) is 4.26. The van der Waals surface area contributed by atoms with Crippen LogP contribution in [0.5, 0.6) is 0 Å². The molecule has 1 saturated carbocycles. The summed E-state index contributed by atoms with van der Waals surface area (Å²) in [5.74, 6) is 0.213. The molecule has 0 spiro atoms. The van der Waals surface area contributed by atoms with Crippen LogP contribution in [-0.2, 0) is 0 Å². The van der Waals surface area contributed by atoms with Gasteiger partial charge in [-0.1, -0.05) is 12.8 Å². The lowest BCUT2D eigenvalue weighted by molar-refractivity contribution is 0.0574. The van der Waals surface area contributed by atoms with E-state index in [-0.39, 0.29) is 5.91 Å². The molecule has 1 amide bonds. The van der Waals surface area contributed by atoms with Crippen LogP contribution in [-0.4, -0.2) is 47.9 Å². The van der Waals surface area contributed by atoms with Crippen molar-refractivity contribution in [2.75, 3.05) is 26.2 Å². The van der Waals surface area contributed by atoms with Crippen LogP contribution in [0.4, 0.5) is 0 Å². The maximum Gasteiger partial charge on any atom is 0.254 e. The minimum Gasteiger partial charge on any atom is -0.336 e. The second-order valence-electron chi connectivity index (χ2n) is 5.41. The van der Waals surface area contributed by atoms with Gasteiger partial charge in [-0.15, -0.1) is 11.3 Å². The number of hydrogen-bond donors (Lipinski definition) is 0. The number of halogens is 1. The Labute approximate surface area is 132 Å². The van der Waals surface area contributed by atoms with E-state index >= 15 is 0 Å². The molecule has 1 saturated heterocycles. The van der Waals surface area contributed by atoms with Crippen molar-refractivity contribution in [2.45, 2.75) is 31.7 Å². The Bertz CT molecular complexity index is 448. The Hall–Kier alpha value is -0.140. The standard InChI is InChI=1S/C14H19IN2OS/c15-13-9-11(10-19-13)14(18)17-7-5-16(6-8-17)12-3-1-2-4-12/h9-10,12H,1-8H2. The molecule has 2 fully saturated rings. The van der Waals surface area contributed by atoms with Gasteiger partial charge in [0.1, 0.15) is 0 Å². The van der Waals surface area contributed by atoms with Crippen LogP contribution < -0.4 is 0 Å². The Balaban J connectivity index is 1.56. The van der Waals surface area contributed by atoms with Gasteiger partial charge in [0.25, 0.3) is 5.91 Å². The van der Waals surface area contributed by atoms with E-state index < -0.39 is 0 Å². The molecular weight excluding hydrogens is 371 g/mol. The number of rotatable bonds is 2. The van der Waals surface area contributed by atoms with Crippen molar-refractivity contribution in [2.24, 2.45) is 0 Å². The zero-order valence-electron chi connectivity index (χ0n) is 11.0. The minimum atomic E-state index is 0.213. The molecule has 19 heavy (non-hydrogen) atoms. The zero-order valence-corrected chi connectivity index (χ0v) is 14.0. The molecule has 2 heterocycles. The molecule has 1 aromatic rings. The topological polar surface area (TPSA) is 23.6 Å². The van der Waals surface area contributed by atoms with E-state index in [1.807, 2.05) is 16.3 Å². The molecule has 1 aliphatic heterocycles. The van der Waals surface area contributed by atoms with E-state index in [0.717, 1.165) is 37.8 Å². The van der Waals surface area contributed by atoms with Gasteiger partial charge in [0.15, 0.2) is 0 Å². The summed E-state index contributed by atoms with van der Waals surface area (Å²) in [6.07, 6.45) is 5.49. The highest BCUT2D eigenvalue weighted by Crippen LogP contribution is 2.25. The quantitative estimate of drug-likeness (QED) is 0.725. The van der Waals surface area contributed by atoms with Crippen molar-refractivity contribution >= 4 is 39.8 Å². The Morgan fingerprint density at radius 2 is 1.89 bits per heavy atom. The van der Waals surface area contributed by atoms with Gasteiger partial charge in [-0.3, -0.25) is 9.69 Å². The Morgan fingerprint density at radius 1 is 1.21 bits per heavy atom. The summed E-state index contributed by atoms with van der Waals surface area (Å²) in [4.78, 5) is 17.0. The SMILES string of the molecule is O=C(c1csc(I)c1)N1CCN(C2CCCC2)CC1. The van der Waals surface area contributed by atoms with Gasteiger partial charge >= 0.3 is 0 Å². The van der Waals surface area contributed by atoms with Crippen LogP contribution in [0, 0.1) is 2.88 Å². The van der Waals surface area contributed by atoms with E-state index in [1.54, 1.807) is 11.3 Å². The largest absolute Gasteiger partial charge is 0.336 e. The van der Waals surface area contributed by atoms with E-state index in [0.29, 0.717) is 0 Å². The first-order chi connectivity index (χ1) is 9.24. The molecule has 0 radical (unpaired) electrons. The van der Waals surface area contributed by atoms with Crippen LogP contribution in [0.25, 0.3) is 0 Å². The van der Waals surface area contributed by atoms with Gasteiger partial charge in [-0.2, -0.15) is 0 Å². The van der Waals surface area contributed by atoms with Crippen molar-refractivity contribution in [1.29, 1.82) is 0 Å². The van der Waals surface area contributed by atoms with E-state index in [4.69, 9.17) is 0 Å². The first-order valence-corrected chi connectivity index (χ1v) is 8.97. The van der Waals surface area contributed by atoms with Crippen molar-refractivity contribution in [1.82, 2.24) is 9.80 Å². The van der Waals surface area contributed by atoms with E-state index in [9.17, 15) is 4.79 Å². The lowest BCUT2D eigenvalue weighted by Crippen LogP contribution is -2.51. The number of hydrogen-bond acceptors (Lipinski definition) is 3. The average Bonchev–Trinajstić information content (AvgIpc) is 3.09. The number of carbonyl (C=O) groups is 1. The smallest absolute Gasteiger partial charge is 0.254 e. The first-order valence-electron chi connectivity index (χ1n) is 7.01. The fourth-order valence-electron chi connectivity index (χ4n) is 3.16. The summed E-state index contributed by atoms with van der Waals surface area (Å²) in [7, 11) is 0. The molecule has 0 aromatic carbocycles. The molecule has 1 aliphatic carbocycles. The number of carbonyl (C=O) groups excluding carboxylic acids is 1. The highest BCUT2D eigenvalue weighted by atomic mass is 127. The van der Waals surface area contributed by atoms with Gasteiger partial charge in [0.2, 0.25) is 0 Å². The van der Waals surface area contributed by atoms with Gasteiger partial charge in [-0.25, -0.2) is 0 Å². The molecule has 1 aromatic heterocycles. The third-order valence-corrected chi connectivity index (χ3v) is 6.05. The van der Waals surface area contributed by atoms with Gasteiger partial charge in [0.05, 0.1) is 8.45 Å². The first kappa shape index (κ1) is 13.8. The van der Waals surface area contributed by atoms with Crippen LogP contribution in [0.15, 0.2) is 11.4 Å². The second-order valence-corrected chi connectivity index (χ2v) is 8.21. The van der Waals surface area contributed by atoms with Crippen molar-refractivity contribution in [3.63, 3.8) is 0 Å². The zero-order chi connectivity index (χ0) is 13.2. The summed E-state index contributed by atoms with van der Waals surface area (Å²) in [5, 5.41) is 1.98. The normalized spacial score (nSPS) is 22.1. The maximum atomic E-state index is 12.4. The number of thiophene rings is 1. The Kier molecular flexibility index (Phi) is 4.44. The highest BCUT2D eigenvalue weighted by Gasteiger charge is 2.28. The van der Waals surface area contributed by atoms with Crippen LogP contribution in [0.2, 0.25) is 0 Å². The molecule has 2 aliphatic rings. The summed E-state index contributed by atoms with van der Waals surface area (Å²) >= 11 is 3.92. The molecule has 5 heteroatoms.